The Morgan fingerprint density at radius 2 is 1.94 bits per heavy atom. The van der Waals surface area contributed by atoms with Crippen molar-refractivity contribution < 1.29 is 0 Å². The van der Waals surface area contributed by atoms with Gasteiger partial charge in [-0.25, -0.2) is 4.85 Å². The van der Waals surface area contributed by atoms with Crippen molar-refractivity contribution in [3.05, 3.63) is 35.2 Å². The standard InChI is InChI=1S/C13H15N3.C2H6/c1-14-10-2-3-11-12(8-10)16-9-13(11)4-6-15-7-5-13;1-2/h2-3,8,15-16H,4-7,9H2;1-2H3. The van der Waals surface area contributed by atoms with Crippen molar-refractivity contribution in [1.82, 2.24) is 5.32 Å². The summed E-state index contributed by atoms with van der Waals surface area (Å²) in [5.74, 6) is 0. The van der Waals surface area contributed by atoms with Crippen molar-refractivity contribution in [3.8, 4) is 0 Å². The second-order valence-corrected chi connectivity index (χ2v) is 4.73. The third-order valence-corrected chi connectivity index (χ3v) is 3.88. The van der Waals surface area contributed by atoms with Crippen molar-refractivity contribution in [2.45, 2.75) is 32.1 Å². The van der Waals surface area contributed by atoms with Crippen LogP contribution in [0.25, 0.3) is 4.85 Å². The monoisotopic (exact) mass is 243 g/mol. The van der Waals surface area contributed by atoms with E-state index in [2.05, 4.69) is 21.5 Å². The zero-order valence-electron chi connectivity index (χ0n) is 11.2. The molecule has 2 N–H and O–H groups in total. The molecule has 0 radical (unpaired) electrons. The second kappa shape index (κ2) is 5.41. The quantitative estimate of drug-likeness (QED) is 0.684. The molecule has 1 saturated heterocycles. The number of rotatable bonds is 0. The predicted octanol–water partition coefficient (Wildman–Crippen LogP) is 3.31. The van der Waals surface area contributed by atoms with Crippen LogP contribution in [-0.4, -0.2) is 19.6 Å². The number of hydrogen-bond acceptors (Lipinski definition) is 2. The van der Waals surface area contributed by atoms with E-state index in [4.69, 9.17) is 6.57 Å². The van der Waals surface area contributed by atoms with Crippen molar-refractivity contribution in [2.24, 2.45) is 0 Å². The van der Waals surface area contributed by atoms with Crippen LogP contribution >= 0.6 is 0 Å². The normalized spacial score (nSPS) is 19.2. The lowest BCUT2D eigenvalue weighted by Gasteiger charge is -2.33. The molecule has 1 aromatic carbocycles. The third-order valence-electron chi connectivity index (χ3n) is 3.88. The molecule has 0 amide bonds. The molecule has 3 nitrogen and oxygen atoms in total. The lowest BCUT2D eigenvalue weighted by Crippen LogP contribution is -2.41. The van der Waals surface area contributed by atoms with Gasteiger partial charge in [-0.1, -0.05) is 26.0 Å². The Kier molecular flexibility index (Phi) is 3.88. The summed E-state index contributed by atoms with van der Waals surface area (Å²) in [5, 5.41) is 6.88. The summed E-state index contributed by atoms with van der Waals surface area (Å²) in [7, 11) is 0. The number of nitrogens with zero attached hydrogens (tertiary/aromatic N) is 1. The molecule has 0 unspecified atom stereocenters. The first kappa shape index (κ1) is 12.9. The van der Waals surface area contributed by atoms with Crippen LogP contribution in [0.15, 0.2) is 18.2 Å². The van der Waals surface area contributed by atoms with Gasteiger partial charge in [0.15, 0.2) is 5.69 Å². The van der Waals surface area contributed by atoms with Gasteiger partial charge in [-0.15, -0.1) is 0 Å². The highest BCUT2D eigenvalue weighted by Crippen LogP contribution is 2.43. The average Bonchev–Trinajstić information content (AvgIpc) is 2.80. The molecular weight excluding hydrogens is 222 g/mol. The first-order valence-corrected chi connectivity index (χ1v) is 6.81. The van der Waals surface area contributed by atoms with Crippen molar-refractivity contribution in [3.63, 3.8) is 0 Å². The maximum Gasteiger partial charge on any atom is 0.189 e. The minimum Gasteiger partial charge on any atom is -0.385 e. The Hall–Kier alpha value is -1.53. The zero-order chi connectivity index (χ0) is 13.0. The van der Waals surface area contributed by atoms with Crippen LogP contribution in [0.1, 0.15) is 32.3 Å². The van der Waals surface area contributed by atoms with Gasteiger partial charge in [0.25, 0.3) is 0 Å². The van der Waals surface area contributed by atoms with Gasteiger partial charge in [0.05, 0.1) is 6.57 Å². The zero-order valence-corrected chi connectivity index (χ0v) is 11.2. The molecule has 2 heterocycles. The van der Waals surface area contributed by atoms with Crippen LogP contribution in [0.5, 0.6) is 0 Å². The highest BCUT2D eigenvalue weighted by Gasteiger charge is 2.39. The lowest BCUT2D eigenvalue weighted by atomic mass is 9.75. The number of fused-ring (bicyclic) bond motifs is 2. The van der Waals surface area contributed by atoms with Gasteiger partial charge in [-0.3, -0.25) is 0 Å². The van der Waals surface area contributed by atoms with Gasteiger partial charge >= 0.3 is 0 Å². The van der Waals surface area contributed by atoms with E-state index < -0.39 is 0 Å². The van der Waals surface area contributed by atoms with Crippen LogP contribution in [0.3, 0.4) is 0 Å². The number of piperidine rings is 1. The highest BCUT2D eigenvalue weighted by atomic mass is 15.0. The van der Waals surface area contributed by atoms with Gasteiger partial charge in [0.2, 0.25) is 0 Å². The summed E-state index contributed by atoms with van der Waals surface area (Å²) in [6, 6.07) is 6.08. The topological polar surface area (TPSA) is 28.4 Å². The van der Waals surface area contributed by atoms with Gasteiger partial charge < -0.3 is 10.6 Å². The fourth-order valence-electron chi connectivity index (χ4n) is 2.92. The summed E-state index contributed by atoms with van der Waals surface area (Å²) in [4.78, 5) is 3.48. The molecule has 3 rings (SSSR count). The molecule has 2 aliphatic rings. The molecule has 0 atom stereocenters. The smallest absolute Gasteiger partial charge is 0.189 e. The maximum absolute atomic E-state index is 7.03. The first-order chi connectivity index (χ1) is 8.84. The molecule has 1 fully saturated rings. The van der Waals surface area contributed by atoms with Crippen molar-refractivity contribution in [1.29, 1.82) is 0 Å². The Morgan fingerprint density at radius 1 is 1.22 bits per heavy atom. The van der Waals surface area contributed by atoms with E-state index in [1.807, 2.05) is 26.0 Å². The first-order valence-electron chi connectivity index (χ1n) is 6.81. The van der Waals surface area contributed by atoms with E-state index in [1.54, 1.807) is 0 Å². The van der Waals surface area contributed by atoms with Gasteiger partial charge in [-0.05, 0) is 37.6 Å². The third kappa shape index (κ3) is 2.09. The number of hydrogen-bond donors (Lipinski definition) is 2. The average molecular weight is 243 g/mol. The predicted molar refractivity (Wildman–Crippen MR) is 76.3 cm³/mol. The summed E-state index contributed by atoms with van der Waals surface area (Å²) in [5.41, 5.74) is 3.65. The van der Waals surface area contributed by atoms with E-state index in [0.29, 0.717) is 5.41 Å². The van der Waals surface area contributed by atoms with Gasteiger partial charge in [-0.2, -0.15) is 0 Å². The highest BCUT2D eigenvalue weighted by molar-refractivity contribution is 5.67. The molecule has 18 heavy (non-hydrogen) atoms. The van der Waals surface area contributed by atoms with Crippen LogP contribution in [0.2, 0.25) is 0 Å². The summed E-state index contributed by atoms with van der Waals surface area (Å²) in [6.07, 6.45) is 2.40. The minimum atomic E-state index is 0.321. The van der Waals surface area contributed by atoms with Gasteiger partial charge in [0, 0.05) is 17.6 Å². The van der Waals surface area contributed by atoms with Crippen LogP contribution in [-0.2, 0) is 5.41 Å². The van der Waals surface area contributed by atoms with E-state index in [1.165, 1.54) is 24.1 Å². The Morgan fingerprint density at radius 3 is 2.61 bits per heavy atom. The second-order valence-electron chi connectivity index (χ2n) is 4.73. The van der Waals surface area contributed by atoms with Gasteiger partial charge in [0.1, 0.15) is 0 Å². The summed E-state index contributed by atoms with van der Waals surface area (Å²) < 4.78 is 0. The SMILES string of the molecule is CC.[C-]#[N+]c1ccc2c(c1)NCC21CCNCC1. The van der Waals surface area contributed by atoms with Crippen molar-refractivity contribution >= 4 is 11.4 Å². The molecule has 0 saturated carbocycles. The lowest BCUT2D eigenvalue weighted by molar-refractivity contribution is 0.335. The van der Waals surface area contributed by atoms with Crippen LogP contribution in [0.4, 0.5) is 11.4 Å². The molecule has 0 aliphatic carbocycles. The molecule has 2 aliphatic heterocycles. The number of anilines is 1. The largest absolute Gasteiger partial charge is 0.385 e. The van der Waals surface area contributed by atoms with E-state index in [0.717, 1.165) is 25.3 Å². The molecule has 0 bridgehead atoms. The summed E-state index contributed by atoms with van der Waals surface area (Å²) >= 11 is 0. The molecule has 0 aromatic heterocycles. The molecular formula is C15H21N3. The molecule has 1 aromatic rings. The van der Waals surface area contributed by atoms with E-state index in [-0.39, 0.29) is 0 Å². The molecule has 3 heteroatoms. The Balaban J connectivity index is 0.000000574. The minimum absolute atomic E-state index is 0.321. The fraction of sp³-hybridized carbons (Fsp3) is 0.533. The molecule has 96 valence electrons. The van der Waals surface area contributed by atoms with Crippen molar-refractivity contribution in [2.75, 3.05) is 25.0 Å². The number of benzene rings is 1. The van der Waals surface area contributed by atoms with Crippen LogP contribution in [0, 0.1) is 6.57 Å². The van der Waals surface area contributed by atoms with E-state index >= 15 is 0 Å². The molecule has 1 spiro atoms. The van der Waals surface area contributed by atoms with E-state index in [9.17, 15) is 0 Å². The maximum atomic E-state index is 7.03. The summed E-state index contributed by atoms with van der Waals surface area (Å²) in [6.45, 7) is 14.3. The Bertz CT molecular complexity index is 453. The Labute approximate surface area is 109 Å². The number of nitrogens with one attached hydrogen (secondary N) is 2. The van der Waals surface area contributed by atoms with Crippen LogP contribution < -0.4 is 10.6 Å². The fourth-order valence-corrected chi connectivity index (χ4v) is 2.92.